The van der Waals surface area contributed by atoms with Gasteiger partial charge in [0.15, 0.2) is 0 Å². The second kappa shape index (κ2) is 4.55. The van der Waals surface area contributed by atoms with Crippen molar-refractivity contribution in [3.8, 4) is 0 Å². The number of hydrogen-bond donors (Lipinski definition) is 1. The average Bonchev–Trinajstić information content (AvgIpc) is 2.47. The van der Waals surface area contributed by atoms with Crippen molar-refractivity contribution in [3.63, 3.8) is 0 Å². The molecule has 0 fully saturated rings. The molecule has 1 aromatic carbocycles. The van der Waals surface area contributed by atoms with Crippen molar-refractivity contribution in [1.29, 1.82) is 0 Å². The molecule has 18 heavy (non-hydrogen) atoms. The van der Waals surface area contributed by atoms with Gasteiger partial charge >= 0.3 is 0 Å². The zero-order valence-electron chi connectivity index (χ0n) is 9.69. The van der Waals surface area contributed by atoms with E-state index in [2.05, 4.69) is 9.97 Å². The van der Waals surface area contributed by atoms with Crippen LogP contribution in [-0.4, -0.2) is 15.1 Å². The molecule has 0 aliphatic carbocycles. The van der Waals surface area contributed by atoms with Crippen molar-refractivity contribution in [1.82, 2.24) is 9.97 Å². The van der Waals surface area contributed by atoms with E-state index in [1.54, 1.807) is 18.6 Å². The van der Waals surface area contributed by atoms with Crippen molar-refractivity contribution >= 4 is 10.8 Å². The summed E-state index contributed by atoms with van der Waals surface area (Å²) in [4.78, 5) is 8.36. The predicted molar refractivity (Wildman–Crippen MR) is 70.0 cm³/mol. The molecule has 2 heterocycles. The third-order valence-corrected chi connectivity index (χ3v) is 2.96. The van der Waals surface area contributed by atoms with Gasteiger partial charge in [-0.1, -0.05) is 30.3 Å². The fraction of sp³-hybridized carbons (Fsp3) is 0.0667. The van der Waals surface area contributed by atoms with Gasteiger partial charge in [0.05, 0.1) is 5.69 Å². The number of benzene rings is 1. The molecule has 3 aromatic rings. The maximum atomic E-state index is 10.4. The number of aliphatic hydroxyl groups excluding tert-OH is 1. The average molecular weight is 236 g/mol. The number of aromatic nitrogens is 2. The molecule has 3 nitrogen and oxygen atoms in total. The van der Waals surface area contributed by atoms with Gasteiger partial charge in [-0.05, 0) is 17.5 Å². The minimum absolute atomic E-state index is 0.635. The van der Waals surface area contributed by atoms with Crippen LogP contribution in [0.15, 0.2) is 61.1 Å². The molecular formula is C15H12N2O. The SMILES string of the molecule is OC(c1ccccn1)c1cncc2ccccc12. The van der Waals surface area contributed by atoms with Crippen molar-refractivity contribution < 1.29 is 5.11 Å². The van der Waals surface area contributed by atoms with Crippen molar-refractivity contribution in [3.05, 3.63) is 72.3 Å². The summed E-state index contributed by atoms with van der Waals surface area (Å²) in [5, 5.41) is 12.4. The lowest BCUT2D eigenvalue weighted by molar-refractivity contribution is 0.216. The number of nitrogens with zero attached hydrogens (tertiary/aromatic N) is 2. The Balaban J connectivity index is 2.15. The smallest absolute Gasteiger partial charge is 0.123 e. The first-order chi connectivity index (χ1) is 8.86. The van der Waals surface area contributed by atoms with Gasteiger partial charge in [-0.3, -0.25) is 9.97 Å². The second-order valence-electron chi connectivity index (χ2n) is 4.11. The van der Waals surface area contributed by atoms with E-state index in [0.717, 1.165) is 16.3 Å². The van der Waals surface area contributed by atoms with Gasteiger partial charge in [0, 0.05) is 29.5 Å². The number of hydrogen-bond acceptors (Lipinski definition) is 3. The largest absolute Gasteiger partial charge is 0.382 e. The molecular weight excluding hydrogens is 224 g/mol. The van der Waals surface area contributed by atoms with Crippen LogP contribution in [0.25, 0.3) is 10.8 Å². The summed E-state index contributed by atoms with van der Waals surface area (Å²) < 4.78 is 0. The lowest BCUT2D eigenvalue weighted by Crippen LogP contribution is -2.03. The van der Waals surface area contributed by atoms with E-state index in [0.29, 0.717) is 5.69 Å². The zero-order valence-corrected chi connectivity index (χ0v) is 9.69. The first-order valence-electron chi connectivity index (χ1n) is 5.78. The van der Waals surface area contributed by atoms with Crippen molar-refractivity contribution in [2.24, 2.45) is 0 Å². The monoisotopic (exact) mass is 236 g/mol. The van der Waals surface area contributed by atoms with E-state index in [1.165, 1.54) is 0 Å². The number of aliphatic hydroxyl groups is 1. The molecule has 88 valence electrons. The van der Waals surface area contributed by atoms with Gasteiger partial charge in [0.25, 0.3) is 0 Å². The standard InChI is InChI=1S/C15H12N2O/c18-15(14-7-3-4-8-17-14)13-10-16-9-11-5-1-2-6-12(11)13/h1-10,15,18H. The molecule has 1 N–H and O–H groups in total. The third-order valence-electron chi connectivity index (χ3n) is 2.96. The highest BCUT2D eigenvalue weighted by Crippen LogP contribution is 2.26. The fourth-order valence-electron chi connectivity index (χ4n) is 2.05. The molecule has 3 rings (SSSR count). The molecule has 2 aromatic heterocycles. The van der Waals surface area contributed by atoms with E-state index < -0.39 is 6.10 Å². The molecule has 0 bridgehead atoms. The molecule has 0 aliphatic rings. The van der Waals surface area contributed by atoms with Gasteiger partial charge in [0.1, 0.15) is 6.10 Å². The minimum atomic E-state index is -0.746. The molecule has 1 unspecified atom stereocenters. The summed E-state index contributed by atoms with van der Waals surface area (Å²) in [5.74, 6) is 0. The van der Waals surface area contributed by atoms with E-state index in [-0.39, 0.29) is 0 Å². The summed E-state index contributed by atoms with van der Waals surface area (Å²) in [6, 6.07) is 13.4. The summed E-state index contributed by atoms with van der Waals surface area (Å²) in [5.41, 5.74) is 1.42. The van der Waals surface area contributed by atoms with Crippen molar-refractivity contribution in [2.75, 3.05) is 0 Å². The molecule has 0 saturated carbocycles. The van der Waals surface area contributed by atoms with Crippen LogP contribution in [0.5, 0.6) is 0 Å². The van der Waals surface area contributed by atoms with E-state index in [4.69, 9.17) is 0 Å². The highest BCUT2D eigenvalue weighted by atomic mass is 16.3. The quantitative estimate of drug-likeness (QED) is 0.744. The Morgan fingerprint density at radius 3 is 2.61 bits per heavy atom. The Morgan fingerprint density at radius 2 is 1.78 bits per heavy atom. The second-order valence-corrected chi connectivity index (χ2v) is 4.11. The molecule has 3 heteroatoms. The lowest BCUT2D eigenvalue weighted by atomic mass is 10.0. The number of fused-ring (bicyclic) bond motifs is 1. The molecule has 0 amide bonds. The van der Waals surface area contributed by atoms with E-state index in [1.807, 2.05) is 42.5 Å². The Morgan fingerprint density at radius 1 is 0.944 bits per heavy atom. The molecule has 1 atom stereocenters. The summed E-state index contributed by atoms with van der Waals surface area (Å²) in [6.07, 6.45) is 4.42. The predicted octanol–water partition coefficient (Wildman–Crippen LogP) is 2.71. The number of rotatable bonds is 2. The Bertz CT molecular complexity index is 662. The first-order valence-corrected chi connectivity index (χ1v) is 5.78. The van der Waals surface area contributed by atoms with Crippen LogP contribution in [0.3, 0.4) is 0 Å². The Labute approximate surface area is 105 Å². The maximum absolute atomic E-state index is 10.4. The van der Waals surface area contributed by atoms with E-state index >= 15 is 0 Å². The Kier molecular flexibility index (Phi) is 2.74. The van der Waals surface area contributed by atoms with Crippen LogP contribution >= 0.6 is 0 Å². The van der Waals surface area contributed by atoms with Crippen molar-refractivity contribution in [2.45, 2.75) is 6.10 Å². The molecule has 0 spiro atoms. The summed E-state index contributed by atoms with van der Waals surface area (Å²) in [7, 11) is 0. The lowest BCUT2D eigenvalue weighted by Gasteiger charge is -2.12. The van der Waals surface area contributed by atoms with Gasteiger partial charge < -0.3 is 5.11 Å². The van der Waals surface area contributed by atoms with Crippen LogP contribution in [0, 0.1) is 0 Å². The van der Waals surface area contributed by atoms with Crippen LogP contribution in [0.4, 0.5) is 0 Å². The number of pyridine rings is 2. The highest BCUT2D eigenvalue weighted by molar-refractivity contribution is 5.85. The third kappa shape index (κ3) is 1.85. The molecule has 0 radical (unpaired) electrons. The van der Waals surface area contributed by atoms with E-state index in [9.17, 15) is 5.11 Å². The molecule has 0 saturated heterocycles. The normalized spacial score (nSPS) is 12.5. The Hall–Kier alpha value is -2.26. The van der Waals surface area contributed by atoms with Crippen LogP contribution < -0.4 is 0 Å². The zero-order chi connectivity index (χ0) is 12.4. The molecule has 0 aliphatic heterocycles. The fourth-order valence-corrected chi connectivity index (χ4v) is 2.05. The topological polar surface area (TPSA) is 46.0 Å². The van der Waals surface area contributed by atoms with Crippen LogP contribution in [0.1, 0.15) is 17.4 Å². The maximum Gasteiger partial charge on any atom is 0.123 e. The van der Waals surface area contributed by atoms with Gasteiger partial charge in [-0.2, -0.15) is 0 Å². The summed E-state index contributed by atoms with van der Waals surface area (Å²) in [6.45, 7) is 0. The van der Waals surface area contributed by atoms with Gasteiger partial charge in [-0.25, -0.2) is 0 Å². The first kappa shape index (κ1) is 10.9. The highest BCUT2D eigenvalue weighted by Gasteiger charge is 2.14. The van der Waals surface area contributed by atoms with Crippen LogP contribution in [-0.2, 0) is 0 Å². The van der Waals surface area contributed by atoms with Gasteiger partial charge in [-0.15, -0.1) is 0 Å². The van der Waals surface area contributed by atoms with Crippen LogP contribution in [0.2, 0.25) is 0 Å². The summed E-state index contributed by atoms with van der Waals surface area (Å²) >= 11 is 0. The van der Waals surface area contributed by atoms with Gasteiger partial charge in [0.2, 0.25) is 0 Å². The minimum Gasteiger partial charge on any atom is -0.382 e.